The number of hydrogen-bond donors (Lipinski definition) is 3. The number of carboxylic acids is 1. The molecule has 0 aromatic heterocycles. The van der Waals surface area contributed by atoms with E-state index in [1.165, 1.54) is 7.11 Å². The average molecular weight is 359 g/mol. The van der Waals surface area contributed by atoms with E-state index in [0.717, 1.165) is 4.47 Å². The maximum absolute atomic E-state index is 11.8. The Hall–Kier alpha value is -1.93. The van der Waals surface area contributed by atoms with Crippen LogP contribution in [0.3, 0.4) is 0 Å². The minimum absolute atomic E-state index is 0.151. The van der Waals surface area contributed by atoms with E-state index >= 15 is 0 Å². The van der Waals surface area contributed by atoms with Crippen LogP contribution in [0.1, 0.15) is 10.4 Å². The molecule has 0 aliphatic carbocycles. The predicted molar refractivity (Wildman–Crippen MR) is 77.9 cm³/mol. The van der Waals surface area contributed by atoms with Crippen LogP contribution in [0.4, 0.5) is 0 Å². The lowest BCUT2D eigenvalue weighted by Gasteiger charge is -2.13. The standard InChI is InChI=1S/C13H15BrN2O5/c1-21-7-10(13(19)20)16-11(17)6-15-12(18)8-2-4-9(14)5-3-8/h2-5,10H,6-7H2,1H3,(H,15,18)(H,16,17)(H,19,20). The smallest absolute Gasteiger partial charge is 0.328 e. The van der Waals surface area contributed by atoms with Gasteiger partial charge in [-0.25, -0.2) is 4.79 Å². The molecule has 0 radical (unpaired) electrons. The molecule has 2 amide bonds. The highest BCUT2D eigenvalue weighted by Gasteiger charge is 2.19. The summed E-state index contributed by atoms with van der Waals surface area (Å²) in [5, 5.41) is 13.5. The number of carboxylic acid groups (broad SMARTS) is 1. The molecule has 0 fully saturated rings. The molecule has 3 N–H and O–H groups in total. The molecule has 0 heterocycles. The summed E-state index contributed by atoms with van der Waals surface area (Å²) in [5.41, 5.74) is 0.401. The van der Waals surface area contributed by atoms with Crippen molar-refractivity contribution < 1.29 is 24.2 Å². The Morgan fingerprint density at radius 2 is 1.90 bits per heavy atom. The molecule has 21 heavy (non-hydrogen) atoms. The number of carbonyl (C=O) groups is 3. The Kier molecular flexibility index (Phi) is 6.83. The lowest BCUT2D eigenvalue weighted by atomic mass is 10.2. The summed E-state index contributed by atoms with van der Waals surface area (Å²) in [6.45, 7) is -0.468. The zero-order chi connectivity index (χ0) is 15.8. The van der Waals surface area contributed by atoms with Gasteiger partial charge >= 0.3 is 5.97 Å². The number of halogens is 1. The van der Waals surface area contributed by atoms with Crippen molar-refractivity contribution in [2.24, 2.45) is 0 Å². The molecule has 1 unspecified atom stereocenters. The second kappa shape index (κ2) is 8.38. The third-order valence-electron chi connectivity index (χ3n) is 2.48. The van der Waals surface area contributed by atoms with Gasteiger partial charge in [-0.15, -0.1) is 0 Å². The van der Waals surface area contributed by atoms with E-state index < -0.39 is 23.8 Å². The van der Waals surface area contributed by atoms with Gasteiger partial charge in [-0.3, -0.25) is 9.59 Å². The van der Waals surface area contributed by atoms with Gasteiger partial charge in [0.2, 0.25) is 5.91 Å². The molecular formula is C13H15BrN2O5. The largest absolute Gasteiger partial charge is 0.480 e. The molecule has 1 aromatic rings. The quantitative estimate of drug-likeness (QED) is 0.654. The van der Waals surface area contributed by atoms with E-state index in [1.807, 2.05) is 0 Å². The van der Waals surface area contributed by atoms with Crippen LogP contribution in [-0.2, 0) is 14.3 Å². The first kappa shape index (κ1) is 17.1. The molecule has 7 nitrogen and oxygen atoms in total. The van der Waals surface area contributed by atoms with Gasteiger partial charge in [-0.2, -0.15) is 0 Å². The third kappa shape index (κ3) is 5.92. The summed E-state index contributed by atoms with van der Waals surface area (Å²) in [7, 11) is 1.33. The Bertz CT molecular complexity index is 518. The molecule has 0 aliphatic rings. The summed E-state index contributed by atoms with van der Waals surface area (Å²) >= 11 is 3.25. The minimum atomic E-state index is -1.20. The van der Waals surface area contributed by atoms with E-state index in [-0.39, 0.29) is 13.2 Å². The molecule has 1 rings (SSSR count). The first-order chi connectivity index (χ1) is 9.93. The summed E-state index contributed by atoms with van der Waals surface area (Å²) < 4.78 is 5.52. The van der Waals surface area contributed by atoms with E-state index in [1.54, 1.807) is 24.3 Å². The molecule has 0 saturated carbocycles. The van der Waals surface area contributed by atoms with E-state index in [0.29, 0.717) is 5.56 Å². The van der Waals surface area contributed by atoms with Crippen molar-refractivity contribution in [2.45, 2.75) is 6.04 Å². The molecule has 0 saturated heterocycles. The lowest BCUT2D eigenvalue weighted by molar-refractivity contribution is -0.143. The fraction of sp³-hybridized carbons (Fsp3) is 0.308. The van der Waals surface area contributed by atoms with Crippen molar-refractivity contribution in [2.75, 3.05) is 20.3 Å². The first-order valence-corrected chi connectivity index (χ1v) is 6.78. The highest BCUT2D eigenvalue weighted by atomic mass is 79.9. The highest BCUT2D eigenvalue weighted by Crippen LogP contribution is 2.10. The fourth-order valence-corrected chi connectivity index (χ4v) is 1.71. The van der Waals surface area contributed by atoms with Crippen LogP contribution in [0, 0.1) is 0 Å². The topological polar surface area (TPSA) is 105 Å². The number of carbonyl (C=O) groups excluding carboxylic acids is 2. The van der Waals surface area contributed by atoms with E-state index in [4.69, 9.17) is 5.11 Å². The molecule has 1 aromatic carbocycles. The fourth-order valence-electron chi connectivity index (χ4n) is 1.45. The van der Waals surface area contributed by atoms with Crippen LogP contribution >= 0.6 is 15.9 Å². The number of ether oxygens (including phenoxy) is 1. The maximum atomic E-state index is 11.8. The van der Waals surface area contributed by atoms with Crippen molar-refractivity contribution in [1.29, 1.82) is 0 Å². The maximum Gasteiger partial charge on any atom is 0.328 e. The number of aliphatic carboxylic acids is 1. The van der Waals surface area contributed by atoms with Gasteiger partial charge in [-0.1, -0.05) is 15.9 Å². The van der Waals surface area contributed by atoms with Gasteiger partial charge in [-0.05, 0) is 24.3 Å². The second-order valence-electron chi connectivity index (χ2n) is 4.10. The van der Waals surface area contributed by atoms with Crippen molar-refractivity contribution >= 4 is 33.7 Å². The summed E-state index contributed by atoms with van der Waals surface area (Å²) in [5.74, 6) is -2.23. The Balaban J connectivity index is 2.46. The van der Waals surface area contributed by atoms with E-state index in [2.05, 4.69) is 31.3 Å². The Morgan fingerprint density at radius 1 is 1.29 bits per heavy atom. The van der Waals surface area contributed by atoms with Crippen molar-refractivity contribution in [3.8, 4) is 0 Å². The van der Waals surface area contributed by atoms with Gasteiger partial charge < -0.3 is 20.5 Å². The predicted octanol–water partition coefficient (Wildman–Crippen LogP) is 0.395. The van der Waals surface area contributed by atoms with Crippen molar-refractivity contribution in [3.05, 3.63) is 34.3 Å². The van der Waals surface area contributed by atoms with Crippen LogP contribution in [0.25, 0.3) is 0 Å². The molecule has 1 atom stereocenters. The summed E-state index contributed by atoms with van der Waals surface area (Å²) in [6, 6.07) is 5.46. The molecule has 0 aliphatic heterocycles. The summed E-state index contributed by atoms with van der Waals surface area (Å²) in [4.78, 5) is 34.2. The van der Waals surface area contributed by atoms with Crippen molar-refractivity contribution in [3.63, 3.8) is 0 Å². The number of methoxy groups -OCH3 is 1. The number of nitrogens with one attached hydrogen (secondary N) is 2. The van der Waals surface area contributed by atoms with Gasteiger partial charge in [0.1, 0.15) is 0 Å². The lowest BCUT2D eigenvalue weighted by Crippen LogP contribution is -2.47. The number of benzene rings is 1. The molecule has 114 valence electrons. The minimum Gasteiger partial charge on any atom is -0.480 e. The number of rotatable bonds is 7. The number of amides is 2. The van der Waals surface area contributed by atoms with Crippen LogP contribution in [-0.4, -0.2) is 49.2 Å². The van der Waals surface area contributed by atoms with Gasteiger partial charge in [0.15, 0.2) is 6.04 Å². The zero-order valence-corrected chi connectivity index (χ0v) is 12.8. The summed E-state index contributed by atoms with van der Waals surface area (Å²) in [6.07, 6.45) is 0. The number of hydrogen-bond acceptors (Lipinski definition) is 4. The van der Waals surface area contributed by atoms with Crippen LogP contribution in [0.5, 0.6) is 0 Å². The zero-order valence-electron chi connectivity index (χ0n) is 11.3. The normalized spacial score (nSPS) is 11.5. The van der Waals surface area contributed by atoms with Gasteiger partial charge in [0, 0.05) is 17.1 Å². The monoisotopic (exact) mass is 358 g/mol. The van der Waals surface area contributed by atoms with E-state index in [9.17, 15) is 14.4 Å². The SMILES string of the molecule is COCC(NC(=O)CNC(=O)c1ccc(Br)cc1)C(=O)O. The molecule has 8 heteroatoms. The highest BCUT2D eigenvalue weighted by molar-refractivity contribution is 9.10. The van der Waals surface area contributed by atoms with Crippen molar-refractivity contribution in [1.82, 2.24) is 10.6 Å². The third-order valence-corrected chi connectivity index (χ3v) is 3.01. The molecule has 0 bridgehead atoms. The second-order valence-corrected chi connectivity index (χ2v) is 5.02. The van der Waals surface area contributed by atoms with Crippen LogP contribution in [0.2, 0.25) is 0 Å². The molecule has 0 spiro atoms. The van der Waals surface area contributed by atoms with Gasteiger partial charge in [0.25, 0.3) is 5.91 Å². The Labute approximate surface area is 129 Å². The van der Waals surface area contributed by atoms with Crippen LogP contribution in [0.15, 0.2) is 28.7 Å². The Morgan fingerprint density at radius 3 is 2.43 bits per heavy atom. The molecular weight excluding hydrogens is 344 g/mol. The van der Waals surface area contributed by atoms with Crippen LogP contribution < -0.4 is 10.6 Å². The average Bonchev–Trinajstić information content (AvgIpc) is 2.45. The first-order valence-electron chi connectivity index (χ1n) is 5.99. The van der Waals surface area contributed by atoms with Gasteiger partial charge in [0.05, 0.1) is 13.2 Å².